The Morgan fingerprint density at radius 2 is 1.10 bits per heavy atom. The summed E-state index contributed by atoms with van der Waals surface area (Å²) >= 11 is 0. The first-order valence-electron chi connectivity index (χ1n) is 8.93. The Hall–Kier alpha value is -0.0800. The molecule has 0 heterocycles. The van der Waals surface area contributed by atoms with Crippen LogP contribution in [0, 0.1) is 0 Å². The van der Waals surface area contributed by atoms with Crippen LogP contribution in [0.1, 0.15) is 98.3 Å². The van der Waals surface area contributed by atoms with Crippen molar-refractivity contribution in [1.29, 1.82) is 0 Å². The lowest BCUT2D eigenvalue weighted by Crippen LogP contribution is -2.18. The summed E-state index contributed by atoms with van der Waals surface area (Å²) in [6, 6.07) is 0. The van der Waals surface area contributed by atoms with Crippen molar-refractivity contribution in [1.82, 2.24) is 0 Å². The van der Waals surface area contributed by atoms with Gasteiger partial charge in [-0.3, -0.25) is 0 Å². The molecule has 0 aromatic heterocycles. The molecule has 0 spiro atoms. The molecule has 0 saturated heterocycles. The lowest BCUT2D eigenvalue weighted by molar-refractivity contribution is -0.151. The van der Waals surface area contributed by atoms with E-state index in [0.29, 0.717) is 0 Å². The highest BCUT2D eigenvalue weighted by molar-refractivity contribution is 4.48. The molecule has 0 fully saturated rings. The molecule has 0 bridgehead atoms. The minimum Gasteiger partial charge on any atom is -0.353 e. The Morgan fingerprint density at radius 3 is 1.55 bits per heavy atom. The second-order valence-corrected chi connectivity index (χ2v) is 6.16. The Labute approximate surface area is 127 Å². The monoisotopic (exact) mass is 286 g/mol. The van der Waals surface area contributed by atoms with Gasteiger partial charge in [0.25, 0.3) is 0 Å². The third-order valence-corrected chi connectivity index (χ3v) is 3.56. The molecule has 20 heavy (non-hydrogen) atoms. The maximum Gasteiger partial charge on any atom is 0.155 e. The Kier molecular flexibility index (Phi) is 15.3. The van der Waals surface area contributed by atoms with Gasteiger partial charge >= 0.3 is 0 Å². The van der Waals surface area contributed by atoms with Crippen molar-refractivity contribution in [3.63, 3.8) is 0 Å². The van der Waals surface area contributed by atoms with Crippen molar-refractivity contribution in [3.05, 3.63) is 0 Å². The summed E-state index contributed by atoms with van der Waals surface area (Å²) in [6.45, 7) is 9.19. The molecule has 1 atom stereocenters. The van der Waals surface area contributed by atoms with Crippen LogP contribution in [0.15, 0.2) is 0 Å². The Bertz CT molecular complexity index is 180. The quantitative estimate of drug-likeness (QED) is 0.268. The molecule has 0 amide bonds. The third kappa shape index (κ3) is 16.0. The van der Waals surface area contributed by atoms with E-state index in [2.05, 4.69) is 6.92 Å². The molecule has 0 N–H and O–H groups in total. The van der Waals surface area contributed by atoms with Crippen molar-refractivity contribution in [3.8, 4) is 0 Å². The lowest BCUT2D eigenvalue weighted by Gasteiger charge is -2.16. The van der Waals surface area contributed by atoms with E-state index in [1.807, 2.05) is 20.8 Å². The van der Waals surface area contributed by atoms with Gasteiger partial charge in [-0.05, 0) is 27.2 Å². The third-order valence-electron chi connectivity index (χ3n) is 3.56. The number of hydrogen-bond donors (Lipinski definition) is 0. The molecular weight excluding hydrogens is 248 g/mol. The van der Waals surface area contributed by atoms with Crippen LogP contribution in [0.2, 0.25) is 0 Å². The molecule has 0 rings (SSSR count). The number of ether oxygens (including phenoxy) is 2. The van der Waals surface area contributed by atoms with E-state index < -0.39 is 0 Å². The molecule has 122 valence electrons. The van der Waals surface area contributed by atoms with E-state index in [1.165, 1.54) is 70.6 Å². The van der Waals surface area contributed by atoms with E-state index in [0.717, 1.165) is 6.61 Å². The van der Waals surface area contributed by atoms with E-state index >= 15 is 0 Å². The summed E-state index contributed by atoms with van der Waals surface area (Å²) in [5.74, 6) is 0. The van der Waals surface area contributed by atoms with Crippen molar-refractivity contribution >= 4 is 0 Å². The zero-order chi connectivity index (χ0) is 15.1. The van der Waals surface area contributed by atoms with Gasteiger partial charge in [-0.15, -0.1) is 0 Å². The van der Waals surface area contributed by atoms with Crippen LogP contribution >= 0.6 is 0 Å². The van der Waals surface area contributed by atoms with Gasteiger partial charge in [-0.25, -0.2) is 0 Å². The van der Waals surface area contributed by atoms with Gasteiger partial charge in [-0.2, -0.15) is 0 Å². The molecule has 0 radical (unpaired) electrons. The second-order valence-electron chi connectivity index (χ2n) is 6.16. The van der Waals surface area contributed by atoms with Gasteiger partial charge in [0.1, 0.15) is 0 Å². The lowest BCUT2D eigenvalue weighted by atomic mass is 10.1. The molecule has 0 saturated carbocycles. The maximum atomic E-state index is 5.61. The fourth-order valence-electron chi connectivity index (χ4n) is 2.44. The average molecular weight is 286 g/mol. The second kappa shape index (κ2) is 15.3. The zero-order valence-electron chi connectivity index (χ0n) is 14.5. The normalized spacial score (nSPS) is 13.1. The van der Waals surface area contributed by atoms with Crippen molar-refractivity contribution < 1.29 is 9.47 Å². The van der Waals surface area contributed by atoms with Crippen LogP contribution in [-0.4, -0.2) is 19.0 Å². The number of hydrogen-bond acceptors (Lipinski definition) is 2. The summed E-state index contributed by atoms with van der Waals surface area (Å²) in [5, 5.41) is 0. The highest BCUT2D eigenvalue weighted by atomic mass is 16.7. The topological polar surface area (TPSA) is 18.5 Å². The predicted octanol–water partition coefficient (Wildman–Crippen LogP) is 6.09. The average Bonchev–Trinajstić information content (AvgIpc) is 2.39. The summed E-state index contributed by atoms with van der Waals surface area (Å²) in [5.41, 5.74) is 0. The molecule has 2 heteroatoms. The van der Waals surface area contributed by atoms with E-state index in [9.17, 15) is 0 Å². The van der Waals surface area contributed by atoms with Gasteiger partial charge in [0, 0.05) is 6.61 Å². The molecule has 0 aliphatic carbocycles. The Morgan fingerprint density at radius 1 is 0.650 bits per heavy atom. The van der Waals surface area contributed by atoms with Crippen molar-refractivity contribution in [2.24, 2.45) is 0 Å². The molecule has 2 nitrogen and oxygen atoms in total. The standard InChI is InChI=1S/C18H38O2/c1-5-6-7-8-9-10-11-12-13-14-15-16-19-18(4)20-17(2)3/h17-18H,5-16H2,1-4H3. The van der Waals surface area contributed by atoms with Crippen LogP contribution in [0.5, 0.6) is 0 Å². The minimum absolute atomic E-state index is 0.0573. The zero-order valence-corrected chi connectivity index (χ0v) is 14.5. The largest absolute Gasteiger partial charge is 0.353 e. The fraction of sp³-hybridized carbons (Fsp3) is 1.00. The van der Waals surface area contributed by atoms with E-state index in [4.69, 9.17) is 9.47 Å². The number of rotatable bonds is 15. The molecular formula is C18H38O2. The van der Waals surface area contributed by atoms with Gasteiger partial charge in [-0.1, -0.05) is 71.1 Å². The summed E-state index contributed by atoms with van der Waals surface area (Å²) < 4.78 is 11.1. The molecule has 1 unspecified atom stereocenters. The fourth-order valence-corrected chi connectivity index (χ4v) is 2.44. The van der Waals surface area contributed by atoms with Crippen LogP contribution in [0.25, 0.3) is 0 Å². The number of unbranched alkanes of at least 4 members (excludes halogenated alkanes) is 10. The SMILES string of the molecule is CCCCCCCCCCCCCOC(C)OC(C)C. The molecule has 0 aromatic rings. The van der Waals surface area contributed by atoms with Gasteiger partial charge in [0.15, 0.2) is 6.29 Å². The molecule has 0 aromatic carbocycles. The van der Waals surface area contributed by atoms with Crippen LogP contribution in [0.3, 0.4) is 0 Å². The summed E-state index contributed by atoms with van der Waals surface area (Å²) in [6.07, 6.45) is 15.3. The van der Waals surface area contributed by atoms with Gasteiger partial charge < -0.3 is 9.47 Å². The van der Waals surface area contributed by atoms with Gasteiger partial charge in [0.2, 0.25) is 0 Å². The van der Waals surface area contributed by atoms with Crippen LogP contribution < -0.4 is 0 Å². The minimum atomic E-state index is -0.0573. The maximum absolute atomic E-state index is 5.61. The van der Waals surface area contributed by atoms with Crippen LogP contribution in [-0.2, 0) is 9.47 Å². The van der Waals surface area contributed by atoms with E-state index in [-0.39, 0.29) is 12.4 Å². The highest BCUT2D eigenvalue weighted by Gasteiger charge is 2.03. The predicted molar refractivity (Wildman–Crippen MR) is 88.1 cm³/mol. The van der Waals surface area contributed by atoms with Crippen molar-refractivity contribution in [2.45, 2.75) is 111 Å². The summed E-state index contributed by atoms with van der Waals surface area (Å²) in [4.78, 5) is 0. The van der Waals surface area contributed by atoms with Crippen LogP contribution in [0.4, 0.5) is 0 Å². The molecule has 0 aliphatic rings. The van der Waals surface area contributed by atoms with Crippen molar-refractivity contribution in [2.75, 3.05) is 6.61 Å². The highest BCUT2D eigenvalue weighted by Crippen LogP contribution is 2.11. The first-order chi connectivity index (χ1) is 9.66. The molecule has 0 aliphatic heterocycles. The first kappa shape index (κ1) is 19.9. The smallest absolute Gasteiger partial charge is 0.155 e. The Balaban J connectivity index is 3.06. The summed E-state index contributed by atoms with van der Waals surface area (Å²) in [7, 11) is 0. The van der Waals surface area contributed by atoms with E-state index in [1.54, 1.807) is 0 Å². The first-order valence-corrected chi connectivity index (χ1v) is 8.93. The van der Waals surface area contributed by atoms with Gasteiger partial charge in [0.05, 0.1) is 6.10 Å².